The molecule has 8 heteroatoms. The largest absolute Gasteiger partial charge is 0.346 e. The highest BCUT2D eigenvalue weighted by atomic mass is 19.1. The Kier molecular flexibility index (Phi) is 5.07. The highest BCUT2D eigenvalue weighted by Gasteiger charge is 2.22. The Morgan fingerprint density at radius 3 is 2.41 bits per heavy atom. The Morgan fingerprint density at radius 1 is 0.966 bits per heavy atom. The van der Waals surface area contributed by atoms with Crippen molar-refractivity contribution in [3.63, 3.8) is 0 Å². The monoisotopic (exact) mass is 391 g/mol. The molecule has 1 N–H and O–H groups in total. The fraction of sp³-hybridized carbons (Fsp3) is 0.0476. The Morgan fingerprint density at radius 2 is 1.69 bits per heavy atom. The minimum Gasteiger partial charge on any atom is -0.346 e. The smallest absolute Gasteiger partial charge is 0.274 e. The van der Waals surface area contributed by atoms with Gasteiger partial charge in [-0.1, -0.05) is 23.4 Å². The standard InChI is InChI=1S/C21H15F2N5O/c22-16-5-7-17(8-6-16)28-20(14-9-11-24-12-10-14)19(26-27-28)21(29)25-13-15-3-1-2-4-18(15)23/h1-12H,13H2,(H,25,29). The number of pyridine rings is 1. The number of benzene rings is 2. The van der Waals surface area contributed by atoms with E-state index in [4.69, 9.17) is 0 Å². The van der Waals surface area contributed by atoms with Gasteiger partial charge in [-0.15, -0.1) is 5.10 Å². The van der Waals surface area contributed by atoms with Crippen LogP contribution in [0, 0.1) is 11.6 Å². The van der Waals surface area contributed by atoms with Crippen molar-refractivity contribution in [3.05, 3.63) is 95.9 Å². The van der Waals surface area contributed by atoms with Crippen molar-refractivity contribution in [1.29, 1.82) is 0 Å². The van der Waals surface area contributed by atoms with Crippen LogP contribution in [0.25, 0.3) is 16.9 Å². The zero-order valence-corrected chi connectivity index (χ0v) is 15.1. The highest BCUT2D eigenvalue weighted by Crippen LogP contribution is 2.25. The molecule has 0 spiro atoms. The third-order valence-corrected chi connectivity index (χ3v) is 4.31. The van der Waals surface area contributed by atoms with Gasteiger partial charge in [0.25, 0.3) is 5.91 Å². The van der Waals surface area contributed by atoms with Crippen molar-refractivity contribution in [2.45, 2.75) is 6.54 Å². The molecule has 2 aromatic carbocycles. The lowest BCUT2D eigenvalue weighted by molar-refractivity contribution is 0.0946. The molecule has 29 heavy (non-hydrogen) atoms. The predicted octanol–water partition coefficient (Wildman–Crippen LogP) is 3.54. The van der Waals surface area contributed by atoms with Crippen LogP contribution < -0.4 is 5.32 Å². The zero-order valence-electron chi connectivity index (χ0n) is 15.1. The average Bonchev–Trinajstić information content (AvgIpc) is 3.19. The van der Waals surface area contributed by atoms with Gasteiger partial charge in [-0.05, 0) is 42.5 Å². The van der Waals surface area contributed by atoms with E-state index in [0.717, 1.165) is 0 Å². The van der Waals surface area contributed by atoms with Crippen LogP contribution >= 0.6 is 0 Å². The summed E-state index contributed by atoms with van der Waals surface area (Å²) in [6, 6.07) is 15.3. The molecule has 0 saturated carbocycles. The number of hydrogen-bond donors (Lipinski definition) is 1. The van der Waals surface area contributed by atoms with Gasteiger partial charge in [0.1, 0.15) is 17.3 Å². The van der Waals surface area contributed by atoms with E-state index in [1.165, 1.54) is 35.0 Å². The molecule has 0 bridgehead atoms. The zero-order chi connectivity index (χ0) is 20.2. The van der Waals surface area contributed by atoms with Gasteiger partial charge in [-0.25, -0.2) is 13.5 Å². The van der Waals surface area contributed by atoms with Crippen LogP contribution in [0.1, 0.15) is 16.1 Å². The molecular formula is C21H15F2N5O. The minimum atomic E-state index is -0.506. The molecule has 0 unspecified atom stereocenters. The molecule has 0 fully saturated rings. The molecule has 6 nitrogen and oxygen atoms in total. The molecule has 2 aromatic heterocycles. The minimum absolute atomic E-state index is 0.00466. The Labute approximate surface area is 164 Å². The molecular weight excluding hydrogens is 376 g/mol. The van der Waals surface area contributed by atoms with Gasteiger partial charge in [0, 0.05) is 30.1 Å². The third-order valence-electron chi connectivity index (χ3n) is 4.31. The Hall–Kier alpha value is -3.94. The highest BCUT2D eigenvalue weighted by molar-refractivity contribution is 5.98. The second-order valence-electron chi connectivity index (χ2n) is 6.18. The van der Waals surface area contributed by atoms with Crippen molar-refractivity contribution in [1.82, 2.24) is 25.3 Å². The lowest BCUT2D eigenvalue weighted by Crippen LogP contribution is -2.24. The topological polar surface area (TPSA) is 72.7 Å². The number of carbonyl (C=O) groups is 1. The SMILES string of the molecule is O=C(NCc1ccccc1F)c1nnn(-c2ccc(F)cc2)c1-c1ccncc1. The van der Waals surface area contributed by atoms with Crippen LogP contribution in [0.4, 0.5) is 8.78 Å². The number of amides is 1. The van der Waals surface area contributed by atoms with Crippen molar-refractivity contribution in [2.75, 3.05) is 0 Å². The molecule has 144 valence electrons. The Bertz CT molecular complexity index is 1140. The predicted molar refractivity (Wildman–Crippen MR) is 102 cm³/mol. The maximum Gasteiger partial charge on any atom is 0.274 e. The van der Waals surface area contributed by atoms with Crippen LogP contribution in [0.2, 0.25) is 0 Å². The summed E-state index contributed by atoms with van der Waals surface area (Å²) in [5, 5.41) is 10.8. The van der Waals surface area contributed by atoms with E-state index in [0.29, 0.717) is 22.5 Å². The molecule has 4 rings (SSSR count). The average molecular weight is 391 g/mol. The van der Waals surface area contributed by atoms with Crippen LogP contribution in [0.15, 0.2) is 73.1 Å². The number of hydrogen-bond acceptors (Lipinski definition) is 4. The summed E-state index contributed by atoms with van der Waals surface area (Å²) in [6.45, 7) is 0.00466. The summed E-state index contributed by atoms with van der Waals surface area (Å²) in [7, 11) is 0. The normalized spacial score (nSPS) is 10.7. The first-order chi connectivity index (χ1) is 14.1. The summed E-state index contributed by atoms with van der Waals surface area (Å²) in [5.74, 6) is -1.30. The quantitative estimate of drug-likeness (QED) is 0.565. The fourth-order valence-electron chi connectivity index (χ4n) is 2.87. The van der Waals surface area contributed by atoms with Crippen LogP contribution in [-0.2, 0) is 6.54 Å². The van der Waals surface area contributed by atoms with Gasteiger partial charge in [0.15, 0.2) is 5.69 Å². The molecule has 0 aliphatic rings. The lowest BCUT2D eigenvalue weighted by Gasteiger charge is -2.09. The summed E-state index contributed by atoms with van der Waals surface area (Å²) >= 11 is 0. The van der Waals surface area contributed by atoms with Gasteiger partial charge >= 0.3 is 0 Å². The molecule has 0 aliphatic carbocycles. The van der Waals surface area contributed by atoms with Crippen molar-refractivity contribution in [3.8, 4) is 16.9 Å². The fourth-order valence-corrected chi connectivity index (χ4v) is 2.87. The molecule has 0 atom stereocenters. The van der Waals surface area contributed by atoms with Crippen LogP contribution in [0.5, 0.6) is 0 Å². The second-order valence-corrected chi connectivity index (χ2v) is 6.18. The molecule has 0 radical (unpaired) electrons. The summed E-state index contributed by atoms with van der Waals surface area (Å²) in [4.78, 5) is 16.8. The summed E-state index contributed by atoms with van der Waals surface area (Å²) in [6.07, 6.45) is 3.16. The van der Waals surface area contributed by atoms with Gasteiger partial charge in [-0.2, -0.15) is 0 Å². The second kappa shape index (κ2) is 7.97. The van der Waals surface area contributed by atoms with E-state index < -0.39 is 11.7 Å². The van der Waals surface area contributed by atoms with Gasteiger partial charge < -0.3 is 5.32 Å². The van der Waals surface area contributed by atoms with Crippen molar-refractivity contribution < 1.29 is 13.6 Å². The number of aromatic nitrogens is 4. The van der Waals surface area contributed by atoms with E-state index in [1.54, 1.807) is 42.7 Å². The number of halogens is 2. The number of nitrogens with one attached hydrogen (secondary N) is 1. The summed E-state index contributed by atoms with van der Waals surface area (Å²) < 4.78 is 28.6. The van der Waals surface area contributed by atoms with Crippen molar-refractivity contribution >= 4 is 5.91 Å². The molecule has 4 aromatic rings. The molecule has 2 heterocycles. The maximum atomic E-state index is 13.8. The van der Waals surface area contributed by atoms with E-state index in [1.807, 2.05) is 0 Å². The van der Waals surface area contributed by atoms with Gasteiger partial charge in [-0.3, -0.25) is 9.78 Å². The molecule has 0 aliphatic heterocycles. The van der Waals surface area contributed by atoms with E-state index >= 15 is 0 Å². The molecule has 0 saturated heterocycles. The van der Waals surface area contributed by atoms with E-state index in [-0.39, 0.29) is 18.1 Å². The number of rotatable bonds is 5. The van der Waals surface area contributed by atoms with Crippen LogP contribution in [0.3, 0.4) is 0 Å². The van der Waals surface area contributed by atoms with E-state index in [9.17, 15) is 13.6 Å². The first-order valence-electron chi connectivity index (χ1n) is 8.77. The molecule has 1 amide bonds. The Balaban J connectivity index is 1.70. The first-order valence-corrected chi connectivity index (χ1v) is 8.77. The first kappa shape index (κ1) is 18.4. The number of carbonyl (C=O) groups excluding carboxylic acids is 1. The van der Waals surface area contributed by atoms with Crippen LogP contribution in [-0.4, -0.2) is 25.9 Å². The van der Waals surface area contributed by atoms with Gasteiger partial charge in [0.05, 0.1) is 5.69 Å². The van der Waals surface area contributed by atoms with Gasteiger partial charge in [0.2, 0.25) is 0 Å². The van der Waals surface area contributed by atoms with Crippen molar-refractivity contribution in [2.24, 2.45) is 0 Å². The maximum absolute atomic E-state index is 13.8. The summed E-state index contributed by atoms with van der Waals surface area (Å²) in [5.41, 5.74) is 2.04. The van der Waals surface area contributed by atoms with E-state index in [2.05, 4.69) is 20.6 Å². The lowest BCUT2D eigenvalue weighted by atomic mass is 10.1. The number of nitrogens with zero attached hydrogens (tertiary/aromatic N) is 4. The third kappa shape index (κ3) is 3.86.